The zero-order valence-electron chi connectivity index (χ0n) is 12.7. The van der Waals surface area contributed by atoms with E-state index in [0.717, 1.165) is 52.1 Å². The molecule has 114 valence electrons. The van der Waals surface area contributed by atoms with Gasteiger partial charge in [0.2, 0.25) is 5.91 Å². The van der Waals surface area contributed by atoms with Gasteiger partial charge in [0.05, 0.1) is 13.2 Å². The van der Waals surface area contributed by atoms with Crippen LogP contribution in [-0.2, 0) is 29.1 Å². The Hall–Kier alpha value is -1.39. The van der Waals surface area contributed by atoms with Gasteiger partial charge in [-0.3, -0.25) is 9.69 Å². The average Bonchev–Trinajstić information content (AvgIpc) is 2.47. The van der Waals surface area contributed by atoms with E-state index >= 15 is 0 Å². The second-order valence-corrected chi connectivity index (χ2v) is 6.13. The van der Waals surface area contributed by atoms with Crippen LogP contribution in [0.3, 0.4) is 0 Å². The number of carbonyl (C=O) groups is 1. The average molecular weight is 288 g/mol. The Labute approximate surface area is 126 Å². The van der Waals surface area contributed by atoms with Crippen molar-refractivity contribution in [2.45, 2.75) is 45.4 Å². The Balaban J connectivity index is 1.67. The molecule has 1 amide bonds. The van der Waals surface area contributed by atoms with Gasteiger partial charge in [0, 0.05) is 26.1 Å². The van der Waals surface area contributed by atoms with Gasteiger partial charge in [0.15, 0.2) is 0 Å². The second kappa shape index (κ2) is 6.58. The minimum Gasteiger partial charge on any atom is -0.376 e. The monoisotopic (exact) mass is 288 g/mol. The quantitative estimate of drug-likeness (QED) is 0.923. The molecule has 4 nitrogen and oxygen atoms in total. The molecule has 1 N–H and O–H groups in total. The first-order chi connectivity index (χ1) is 10.2. The largest absolute Gasteiger partial charge is 0.376 e. The summed E-state index contributed by atoms with van der Waals surface area (Å²) in [6.45, 7) is 6.25. The minimum absolute atomic E-state index is 0.0797. The first-order valence-electron chi connectivity index (χ1n) is 7.89. The molecule has 1 aromatic carbocycles. The highest BCUT2D eigenvalue weighted by atomic mass is 16.5. The van der Waals surface area contributed by atoms with Crippen LogP contribution in [0.15, 0.2) is 18.2 Å². The molecule has 3 rings (SSSR count). The summed E-state index contributed by atoms with van der Waals surface area (Å²) in [6, 6.07) is 6.86. The van der Waals surface area contributed by atoms with Gasteiger partial charge in [0.1, 0.15) is 0 Å². The van der Waals surface area contributed by atoms with Crippen LogP contribution in [0.4, 0.5) is 0 Å². The molecular formula is C17H24N2O2. The van der Waals surface area contributed by atoms with Gasteiger partial charge in [-0.25, -0.2) is 0 Å². The summed E-state index contributed by atoms with van der Waals surface area (Å²) >= 11 is 0. The van der Waals surface area contributed by atoms with Crippen molar-refractivity contribution in [3.8, 4) is 0 Å². The van der Waals surface area contributed by atoms with Gasteiger partial charge >= 0.3 is 0 Å². The summed E-state index contributed by atoms with van der Waals surface area (Å²) < 4.78 is 5.54. The van der Waals surface area contributed by atoms with Crippen molar-refractivity contribution in [1.82, 2.24) is 10.2 Å². The summed E-state index contributed by atoms with van der Waals surface area (Å²) in [7, 11) is 0. The highest BCUT2D eigenvalue weighted by molar-refractivity contribution is 5.73. The van der Waals surface area contributed by atoms with Crippen LogP contribution < -0.4 is 5.32 Å². The highest BCUT2D eigenvalue weighted by Crippen LogP contribution is 2.23. The van der Waals surface area contributed by atoms with Crippen LogP contribution in [0, 0.1) is 0 Å². The van der Waals surface area contributed by atoms with Gasteiger partial charge in [-0.05, 0) is 42.5 Å². The number of likely N-dealkylation sites (tertiary alicyclic amines) is 1. The first kappa shape index (κ1) is 14.5. The maximum atomic E-state index is 11.2. The van der Waals surface area contributed by atoms with E-state index in [2.05, 4.69) is 28.4 Å². The summed E-state index contributed by atoms with van der Waals surface area (Å²) in [5.74, 6) is 0.0797. The van der Waals surface area contributed by atoms with Crippen LogP contribution in [0.1, 0.15) is 36.5 Å². The van der Waals surface area contributed by atoms with Crippen LogP contribution in [-0.4, -0.2) is 36.5 Å². The summed E-state index contributed by atoms with van der Waals surface area (Å²) in [5, 5.41) is 3.06. The predicted molar refractivity (Wildman–Crippen MR) is 81.9 cm³/mol. The van der Waals surface area contributed by atoms with Crippen molar-refractivity contribution in [3.63, 3.8) is 0 Å². The molecule has 1 saturated heterocycles. The lowest BCUT2D eigenvalue weighted by Crippen LogP contribution is -2.46. The van der Waals surface area contributed by atoms with Gasteiger partial charge in [-0.2, -0.15) is 0 Å². The number of fused-ring (bicyclic) bond motifs is 1. The van der Waals surface area contributed by atoms with Crippen molar-refractivity contribution >= 4 is 5.91 Å². The number of hydrogen-bond donors (Lipinski definition) is 1. The molecule has 21 heavy (non-hydrogen) atoms. The Morgan fingerprint density at radius 1 is 1.48 bits per heavy atom. The fourth-order valence-electron chi connectivity index (χ4n) is 3.49. The van der Waals surface area contributed by atoms with Gasteiger partial charge in [-0.1, -0.05) is 18.2 Å². The van der Waals surface area contributed by atoms with Crippen molar-refractivity contribution in [2.75, 3.05) is 19.7 Å². The summed E-state index contributed by atoms with van der Waals surface area (Å²) in [6.07, 6.45) is 3.27. The highest BCUT2D eigenvalue weighted by Gasteiger charge is 2.22. The molecule has 1 fully saturated rings. The molecule has 0 aliphatic carbocycles. The minimum atomic E-state index is 0.0797. The smallest absolute Gasteiger partial charge is 0.217 e. The molecule has 4 heteroatoms. The first-order valence-corrected chi connectivity index (χ1v) is 7.89. The maximum Gasteiger partial charge on any atom is 0.217 e. The fourth-order valence-corrected chi connectivity index (χ4v) is 3.49. The van der Waals surface area contributed by atoms with E-state index in [1.54, 1.807) is 6.92 Å². The number of carbonyl (C=O) groups excluding carboxylic acids is 1. The fraction of sp³-hybridized carbons (Fsp3) is 0.588. The molecule has 0 spiro atoms. The van der Waals surface area contributed by atoms with Crippen molar-refractivity contribution in [1.29, 1.82) is 0 Å². The normalized spacial score (nSPS) is 22.6. The zero-order chi connectivity index (χ0) is 14.7. The number of amides is 1. The van der Waals surface area contributed by atoms with Gasteiger partial charge < -0.3 is 10.1 Å². The Morgan fingerprint density at radius 3 is 3.24 bits per heavy atom. The van der Waals surface area contributed by atoms with E-state index in [1.807, 2.05) is 0 Å². The zero-order valence-corrected chi connectivity index (χ0v) is 12.7. The number of ether oxygens (including phenoxy) is 1. The third-order valence-corrected chi connectivity index (χ3v) is 4.43. The van der Waals surface area contributed by atoms with E-state index in [0.29, 0.717) is 6.04 Å². The van der Waals surface area contributed by atoms with Crippen LogP contribution in [0.25, 0.3) is 0 Å². The van der Waals surface area contributed by atoms with Gasteiger partial charge in [-0.15, -0.1) is 0 Å². The van der Waals surface area contributed by atoms with Crippen LogP contribution >= 0.6 is 0 Å². The predicted octanol–water partition coefficient (Wildman–Crippen LogP) is 1.86. The molecular weight excluding hydrogens is 264 g/mol. The molecule has 2 aliphatic rings. The Kier molecular flexibility index (Phi) is 4.56. The van der Waals surface area contributed by atoms with Crippen LogP contribution in [0.2, 0.25) is 0 Å². The maximum absolute atomic E-state index is 11.2. The molecule has 2 heterocycles. The number of nitrogens with zero attached hydrogens (tertiary/aromatic N) is 1. The number of piperidine rings is 1. The van der Waals surface area contributed by atoms with Crippen molar-refractivity contribution < 1.29 is 9.53 Å². The van der Waals surface area contributed by atoms with E-state index in [4.69, 9.17) is 4.74 Å². The third kappa shape index (κ3) is 3.63. The SMILES string of the molecule is CC(=O)NC1CCCN(Cc2cccc3c2CCOC3)C1. The van der Waals surface area contributed by atoms with Crippen molar-refractivity contribution in [2.24, 2.45) is 0 Å². The summed E-state index contributed by atoms with van der Waals surface area (Å²) in [4.78, 5) is 13.7. The molecule has 2 aliphatic heterocycles. The standard InChI is InChI=1S/C17H24N2O2/c1-13(20)18-16-6-3-8-19(11-16)10-14-4-2-5-15-12-21-9-7-17(14)15/h2,4-5,16H,3,6-12H2,1H3,(H,18,20). The molecule has 1 aromatic rings. The Morgan fingerprint density at radius 2 is 2.38 bits per heavy atom. The lowest BCUT2D eigenvalue weighted by Gasteiger charge is -2.34. The lowest BCUT2D eigenvalue weighted by atomic mass is 9.96. The second-order valence-electron chi connectivity index (χ2n) is 6.13. The number of benzene rings is 1. The van der Waals surface area contributed by atoms with E-state index in [-0.39, 0.29) is 5.91 Å². The molecule has 0 radical (unpaired) electrons. The van der Waals surface area contributed by atoms with E-state index in [9.17, 15) is 4.79 Å². The lowest BCUT2D eigenvalue weighted by molar-refractivity contribution is -0.120. The molecule has 1 atom stereocenters. The van der Waals surface area contributed by atoms with Gasteiger partial charge in [0.25, 0.3) is 0 Å². The van der Waals surface area contributed by atoms with Crippen LogP contribution in [0.5, 0.6) is 0 Å². The van der Waals surface area contributed by atoms with Crippen molar-refractivity contribution in [3.05, 3.63) is 34.9 Å². The number of nitrogens with one attached hydrogen (secondary N) is 1. The van der Waals surface area contributed by atoms with E-state index in [1.165, 1.54) is 16.7 Å². The van der Waals surface area contributed by atoms with E-state index < -0.39 is 0 Å². The topological polar surface area (TPSA) is 41.6 Å². The molecule has 1 unspecified atom stereocenters. The molecule has 0 saturated carbocycles. The number of rotatable bonds is 3. The summed E-state index contributed by atoms with van der Waals surface area (Å²) in [5.41, 5.74) is 4.25. The molecule has 0 aromatic heterocycles. The number of hydrogen-bond acceptors (Lipinski definition) is 3. The molecule has 0 bridgehead atoms. The Bertz CT molecular complexity index is 516. The third-order valence-electron chi connectivity index (χ3n) is 4.43.